The maximum atomic E-state index is 5.71. The van der Waals surface area contributed by atoms with E-state index in [9.17, 15) is 0 Å². The van der Waals surface area contributed by atoms with Gasteiger partial charge in [-0.1, -0.05) is 28.1 Å². The number of nitrogens with zero attached hydrogens (tertiary/aromatic N) is 3. The van der Waals surface area contributed by atoms with E-state index in [2.05, 4.69) is 60.2 Å². The number of anilines is 2. The highest BCUT2D eigenvalue weighted by molar-refractivity contribution is 9.10. The van der Waals surface area contributed by atoms with Gasteiger partial charge in [0.1, 0.15) is 4.99 Å². The van der Waals surface area contributed by atoms with Gasteiger partial charge in [-0.3, -0.25) is 0 Å². The molecule has 0 bridgehead atoms. The summed E-state index contributed by atoms with van der Waals surface area (Å²) in [6.45, 7) is 3.46. The van der Waals surface area contributed by atoms with Gasteiger partial charge in [-0.25, -0.2) is 0 Å². The number of nitrogens with one attached hydrogen (secondary N) is 1. The Balaban J connectivity index is 1.54. The summed E-state index contributed by atoms with van der Waals surface area (Å²) in [5.41, 5.74) is 3.28. The molecule has 1 fully saturated rings. The summed E-state index contributed by atoms with van der Waals surface area (Å²) in [4.78, 5) is 7.46. The third-order valence-corrected chi connectivity index (χ3v) is 5.96. The van der Waals surface area contributed by atoms with Crippen molar-refractivity contribution in [3.8, 4) is 0 Å². The predicted octanol–water partition coefficient (Wildman–Crippen LogP) is 4.21. The van der Waals surface area contributed by atoms with Gasteiger partial charge in [0.25, 0.3) is 0 Å². The van der Waals surface area contributed by atoms with Crippen molar-refractivity contribution in [3.05, 3.63) is 58.6 Å². The van der Waals surface area contributed by atoms with E-state index in [1.165, 1.54) is 5.69 Å². The molecule has 27 heavy (non-hydrogen) atoms. The first-order valence-electron chi connectivity index (χ1n) is 8.82. The van der Waals surface area contributed by atoms with Crippen molar-refractivity contribution in [2.45, 2.75) is 0 Å². The van der Waals surface area contributed by atoms with Gasteiger partial charge in [0.05, 0.1) is 0 Å². The second-order valence-electron chi connectivity index (χ2n) is 6.66. The fourth-order valence-corrected chi connectivity index (χ4v) is 3.82. The molecule has 1 aliphatic heterocycles. The fourth-order valence-electron chi connectivity index (χ4n) is 2.93. The van der Waals surface area contributed by atoms with Crippen molar-refractivity contribution in [1.29, 1.82) is 0 Å². The first-order valence-corrected chi connectivity index (χ1v) is 10.4. The molecule has 0 aromatic heterocycles. The van der Waals surface area contributed by atoms with E-state index in [-0.39, 0.29) is 0 Å². The SMILES string of the molecule is CN(C)c1ccc(C(=S)N2CCN(C(=S)Nc3ccc(Br)cc3)CC2)cc1. The molecule has 1 aliphatic rings. The van der Waals surface area contributed by atoms with Crippen molar-refractivity contribution in [2.75, 3.05) is 50.5 Å². The van der Waals surface area contributed by atoms with Gasteiger partial charge >= 0.3 is 0 Å². The van der Waals surface area contributed by atoms with Crippen molar-refractivity contribution >= 4 is 61.8 Å². The lowest BCUT2D eigenvalue weighted by molar-refractivity contribution is 0.264. The second-order valence-corrected chi connectivity index (χ2v) is 8.35. The van der Waals surface area contributed by atoms with Crippen LogP contribution in [-0.4, -0.2) is 60.2 Å². The Labute approximate surface area is 180 Å². The number of hydrogen-bond acceptors (Lipinski definition) is 3. The minimum Gasteiger partial charge on any atom is -0.378 e. The van der Waals surface area contributed by atoms with E-state index in [0.717, 1.165) is 52.0 Å². The normalized spacial score (nSPS) is 14.0. The van der Waals surface area contributed by atoms with E-state index < -0.39 is 0 Å². The maximum absolute atomic E-state index is 5.71. The molecule has 142 valence electrons. The molecule has 0 spiro atoms. The van der Waals surface area contributed by atoms with Crippen molar-refractivity contribution in [2.24, 2.45) is 0 Å². The zero-order valence-corrected chi connectivity index (χ0v) is 18.7. The average molecular weight is 463 g/mol. The predicted molar refractivity (Wildman–Crippen MR) is 126 cm³/mol. The van der Waals surface area contributed by atoms with Crippen LogP contribution in [0.5, 0.6) is 0 Å². The molecular formula is C20H23BrN4S2. The van der Waals surface area contributed by atoms with Gasteiger partial charge in [0.2, 0.25) is 0 Å². The van der Waals surface area contributed by atoms with Crippen molar-refractivity contribution in [1.82, 2.24) is 9.80 Å². The van der Waals surface area contributed by atoms with Crippen molar-refractivity contribution < 1.29 is 0 Å². The van der Waals surface area contributed by atoms with Crippen molar-refractivity contribution in [3.63, 3.8) is 0 Å². The highest BCUT2D eigenvalue weighted by atomic mass is 79.9. The zero-order valence-electron chi connectivity index (χ0n) is 15.5. The Morgan fingerprint density at radius 1 is 0.889 bits per heavy atom. The van der Waals surface area contributed by atoms with Gasteiger partial charge < -0.3 is 20.0 Å². The third kappa shape index (κ3) is 5.18. The second kappa shape index (κ2) is 8.99. The van der Waals surface area contributed by atoms with Crippen LogP contribution < -0.4 is 10.2 Å². The largest absolute Gasteiger partial charge is 0.378 e. The van der Waals surface area contributed by atoms with Gasteiger partial charge in [-0.05, 0) is 60.7 Å². The van der Waals surface area contributed by atoms with Gasteiger partial charge in [0, 0.05) is 61.7 Å². The number of rotatable bonds is 3. The average Bonchev–Trinajstić information content (AvgIpc) is 2.69. The summed E-state index contributed by atoms with van der Waals surface area (Å²) in [6.07, 6.45) is 0. The van der Waals surface area contributed by atoms with Crippen LogP contribution in [0.4, 0.5) is 11.4 Å². The van der Waals surface area contributed by atoms with Gasteiger partial charge in [0.15, 0.2) is 5.11 Å². The molecule has 1 heterocycles. The monoisotopic (exact) mass is 462 g/mol. The van der Waals surface area contributed by atoms with Crippen LogP contribution >= 0.6 is 40.4 Å². The summed E-state index contributed by atoms with van der Waals surface area (Å²) < 4.78 is 1.06. The van der Waals surface area contributed by atoms with E-state index in [1.807, 2.05) is 38.4 Å². The van der Waals surface area contributed by atoms with Gasteiger partial charge in [-0.15, -0.1) is 0 Å². The van der Waals surface area contributed by atoms with E-state index in [1.54, 1.807) is 0 Å². The number of benzene rings is 2. The lowest BCUT2D eigenvalue weighted by Crippen LogP contribution is -2.51. The highest BCUT2D eigenvalue weighted by Crippen LogP contribution is 2.17. The van der Waals surface area contributed by atoms with E-state index >= 15 is 0 Å². The van der Waals surface area contributed by atoms with Crippen LogP contribution in [0, 0.1) is 0 Å². The summed E-state index contributed by atoms with van der Waals surface area (Å²) in [6, 6.07) is 16.4. The zero-order chi connectivity index (χ0) is 19.4. The lowest BCUT2D eigenvalue weighted by atomic mass is 10.1. The molecule has 2 aromatic rings. The molecule has 0 amide bonds. The van der Waals surface area contributed by atoms with E-state index in [4.69, 9.17) is 24.4 Å². The lowest BCUT2D eigenvalue weighted by Gasteiger charge is -2.37. The summed E-state index contributed by atoms with van der Waals surface area (Å²) in [7, 11) is 4.08. The quantitative estimate of drug-likeness (QED) is 0.684. The smallest absolute Gasteiger partial charge is 0.173 e. The Hall–Kier alpha value is -1.70. The molecule has 0 aliphatic carbocycles. The highest BCUT2D eigenvalue weighted by Gasteiger charge is 2.21. The molecule has 0 atom stereocenters. The Morgan fingerprint density at radius 2 is 1.44 bits per heavy atom. The van der Waals surface area contributed by atoms with Crippen LogP contribution in [0.15, 0.2) is 53.0 Å². The summed E-state index contributed by atoms with van der Waals surface area (Å²) >= 11 is 14.7. The Bertz CT molecular complexity index is 798. The molecule has 7 heteroatoms. The third-order valence-electron chi connectivity index (χ3n) is 4.58. The van der Waals surface area contributed by atoms with Crippen LogP contribution in [0.25, 0.3) is 0 Å². The molecule has 0 saturated carbocycles. The van der Waals surface area contributed by atoms with Crippen LogP contribution in [0.2, 0.25) is 0 Å². The van der Waals surface area contributed by atoms with Crippen LogP contribution in [-0.2, 0) is 0 Å². The molecule has 1 saturated heterocycles. The Morgan fingerprint density at radius 3 is 2.00 bits per heavy atom. The topological polar surface area (TPSA) is 21.8 Å². The number of hydrogen-bond donors (Lipinski definition) is 1. The molecule has 3 rings (SSSR count). The standard InChI is InChI=1S/C20H23BrN4S2/c1-23(2)18-9-3-15(4-10-18)19(26)24-11-13-25(14-12-24)20(27)22-17-7-5-16(21)6-8-17/h3-10H,11-14H2,1-2H3,(H,22,27). The number of piperazine rings is 1. The number of thiocarbonyl (C=S) groups is 2. The molecule has 4 nitrogen and oxygen atoms in total. The minimum absolute atomic E-state index is 0.762. The fraction of sp³-hybridized carbons (Fsp3) is 0.300. The molecular weight excluding hydrogens is 440 g/mol. The van der Waals surface area contributed by atoms with Crippen LogP contribution in [0.1, 0.15) is 5.56 Å². The molecule has 0 unspecified atom stereocenters. The number of halogens is 1. The maximum Gasteiger partial charge on any atom is 0.173 e. The van der Waals surface area contributed by atoms with E-state index in [0.29, 0.717) is 0 Å². The first kappa shape index (κ1) is 20.0. The van der Waals surface area contributed by atoms with Crippen LogP contribution in [0.3, 0.4) is 0 Å². The minimum atomic E-state index is 0.762. The first-order chi connectivity index (χ1) is 12.9. The Kier molecular flexibility index (Phi) is 6.68. The molecule has 1 N–H and O–H groups in total. The van der Waals surface area contributed by atoms with Gasteiger partial charge in [-0.2, -0.15) is 0 Å². The molecule has 0 radical (unpaired) electrons. The summed E-state index contributed by atoms with van der Waals surface area (Å²) in [5, 5.41) is 4.07. The summed E-state index contributed by atoms with van der Waals surface area (Å²) in [5.74, 6) is 0. The molecule has 2 aromatic carbocycles.